The Bertz CT molecular complexity index is 1250. The highest BCUT2D eigenvalue weighted by Gasteiger charge is 2.31. The molecule has 9 nitrogen and oxygen atoms in total. The van der Waals surface area contributed by atoms with Gasteiger partial charge in [-0.2, -0.15) is 0 Å². The minimum Gasteiger partial charge on any atom is -0.495 e. The van der Waals surface area contributed by atoms with Crippen molar-refractivity contribution in [1.29, 1.82) is 0 Å². The van der Waals surface area contributed by atoms with Crippen molar-refractivity contribution in [1.82, 2.24) is 25.2 Å². The number of hydrogen-bond donors (Lipinski definition) is 2. The number of fused-ring (bicyclic) bond motifs is 1. The van der Waals surface area contributed by atoms with Gasteiger partial charge in [-0.15, -0.1) is 0 Å². The fourth-order valence-electron chi connectivity index (χ4n) is 5.12. The van der Waals surface area contributed by atoms with E-state index in [-0.39, 0.29) is 17.9 Å². The van der Waals surface area contributed by atoms with Crippen LogP contribution in [-0.4, -0.2) is 66.4 Å². The second-order valence-electron chi connectivity index (χ2n) is 9.78. The van der Waals surface area contributed by atoms with Gasteiger partial charge in [-0.05, 0) is 38.0 Å². The Hall–Kier alpha value is -3.33. The summed E-state index contributed by atoms with van der Waals surface area (Å²) in [6.07, 6.45) is 4.53. The van der Waals surface area contributed by atoms with Crippen LogP contribution in [0.25, 0.3) is 22.3 Å². The molecule has 2 atom stereocenters. The zero-order valence-corrected chi connectivity index (χ0v) is 20.3. The van der Waals surface area contributed by atoms with E-state index in [4.69, 9.17) is 19.4 Å². The molecule has 3 aliphatic rings. The number of imidazole rings is 1. The molecule has 1 amide bonds. The van der Waals surface area contributed by atoms with E-state index in [0.717, 1.165) is 72.7 Å². The molecule has 1 saturated carbocycles. The largest absolute Gasteiger partial charge is 0.495 e. The molecular formula is C26H32N6O3. The minimum atomic E-state index is -0.146. The van der Waals surface area contributed by atoms with Crippen molar-refractivity contribution in [3.8, 4) is 22.9 Å². The molecule has 35 heavy (non-hydrogen) atoms. The van der Waals surface area contributed by atoms with Crippen molar-refractivity contribution in [2.24, 2.45) is 5.92 Å². The molecule has 9 heteroatoms. The van der Waals surface area contributed by atoms with Crippen molar-refractivity contribution in [3.63, 3.8) is 0 Å². The van der Waals surface area contributed by atoms with E-state index in [9.17, 15) is 4.79 Å². The number of carbonyl (C=O) groups is 1. The topological polar surface area (TPSA) is 93.5 Å². The Kier molecular flexibility index (Phi) is 5.72. The van der Waals surface area contributed by atoms with E-state index in [1.807, 2.05) is 19.3 Å². The summed E-state index contributed by atoms with van der Waals surface area (Å²) in [7, 11) is 1.71. The predicted octanol–water partition coefficient (Wildman–Crippen LogP) is 2.75. The third-order valence-corrected chi connectivity index (χ3v) is 7.36. The Morgan fingerprint density at radius 3 is 2.71 bits per heavy atom. The van der Waals surface area contributed by atoms with Crippen molar-refractivity contribution in [2.75, 3.05) is 44.7 Å². The normalized spacial score (nSPS) is 21.3. The number of hydrogen-bond acceptors (Lipinski definition) is 7. The number of carbonyl (C=O) groups excluding carboxylic acids is 1. The lowest BCUT2D eigenvalue weighted by Crippen LogP contribution is -2.43. The van der Waals surface area contributed by atoms with Gasteiger partial charge in [-0.25, -0.2) is 9.97 Å². The first-order valence-corrected chi connectivity index (χ1v) is 12.6. The maximum atomic E-state index is 11.8. The monoisotopic (exact) mass is 476 g/mol. The molecule has 0 bridgehead atoms. The summed E-state index contributed by atoms with van der Waals surface area (Å²) in [5.41, 5.74) is 4.66. The van der Waals surface area contributed by atoms with Gasteiger partial charge in [0.15, 0.2) is 0 Å². The van der Waals surface area contributed by atoms with Crippen molar-refractivity contribution < 1.29 is 14.3 Å². The number of pyridine rings is 1. The van der Waals surface area contributed by atoms with Crippen LogP contribution in [-0.2, 0) is 4.79 Å². The standard InChI is InChI=1S/C26H32N6O3/c1-16(18-12-24(33)28-14-18)35-26-25-21(29-15-32(25)19-4-5-19)13-20(30-26)17-3-6-22(23(11-17)34-2)31-9-7-27-8-10-31/h3,6,11,13,15-16,18-19,27H,4-5,7-10,12,14H2,1-2H3,(H,28,33)/t16-,18-/m1/s1. The average Bonchev–Trinajstić information content (AvgIpc) is 3.49. The number of benzene rings is 1. The summed E-state index contributed by atoms with van der Waals surface area (Å²) in [4.78, 5) is 23.8. The van der Waals surface area contributed by atoms with Gasteiger partial charge in [-0.3, -0.25) is 4.79 Å². The Balaban J connectivity index is 1.38. The Labute approximate surface area is 204 Å². The molecule has 0 unspecified atom stereocenters. The van der Waals surface area contributed by atoms with Crippen LogP contribution in [0.5, 0.6) is 11.6 Å². The summed E-state index contributed by atoms with van der Waals surface area (Å²) in [6, 6.07) is 8.76. The molecule has 2 aromatic heterocycles. The molecule has 2 aliphatic heterocycles. The molecule has 4 heterocycles. The van der Waals surface area contributed by atoms with Crippen molar-refractivity contribution >= 4 is 22.6 Å². The summed E-state index contributed by atoms with van der Waals surface area (Å²) in [5.74, 6) is 1.62. The molecule has 1 aliphatic carbocycles. The first-order chi connectivity index (χ1) is 17.1. The maximum absolute atomic E-state index is 11.8. The third kappa shape index (κ3) is 4.29. The van der Waals surface area contributed by atoms with Gasteiger partial charge in [0.1, 0.15) is 17.4 Å². The number of piperazine rings is 1. The Morgan fingerprint density at radius 1 is 1.17 bits per heavy atom. The third-order valence-electron chi connectivity index (χ3n) is 7.36. The van der Waals surface area contributed by atoms with E-state index in [0.29, 0.717) is 24.9 Å². The maximum Gasteiger partial charge on any atom is 0.241 e. The molecule has 1 aromatic carbocycles. The van der Waals surface area contributed by atoms with E-state index in [2.05, 4.69) is 38.3 Å². The van der Waals surface area contributed by atoms with Gasteiger partial charge in [0.05, 0.1) is 30.3 Å². The van der Waals surface area contributed by atoms with E-state index < -0.39 is 0 Å². The van der Waals surface area contributed by atoms with E-state index in [1.54, 1.807) is 7.11 Å². The van der Waals surface area contributed by atoms with Crippen LogP contribution < -0.4 is 25.0 Å². The first kappa shape index (κ1) is 22.2. The number of nitrogens with zero attached hydrogens (tertiary/aromatic N) is 4. The number of aromatic nitrogens is 3. The second kappa shape index (κ2) is 9.03. The lowest BCUT2D eigenvalue weighted by Gasteiger charge is -2.30. The SMILES string of the molecule is COc1cc(-c2cc3ncn(C4CC4)c3c(O[C@H](C)[C@H]3CNC(=O)C3)n2)ccc1N1CCNCC1. The summed E-state index contributed by atoms with van der Waals surface area (Å²) >= 11 is 0. The quantitative estimate of drug-likeness (QED) is 0.542. The van der Waals surface area contributed by atoms with Crippen LogP contribution in [0.4, 0.5) is 5.69 Å². The Morgan fingerprint density at radius 2 is 2.00 bits per heavy atom. The second-order valence-corrected chi connectivity index (χ2v) is 9.78. The number of methoxy groups -OCH3 is 1. The van der Waals surface area contributed by atoms with Gasteiger partial charge < -0.3 is 29.6 Å². The number of rotatable bonds is 7. The van der Waals surface area contributed by atoms with Gasteiger partial charge >= 0.3 is 0 Å². The number of anilines is 1. The molecule has 2 N–H and O–H groups in total. The fraction of sp³-hybridized carbons (Fsp3) is 0.500. The van der Waals surface area contributed by atoms with E-state index in [1.165, 1.54) is 0 Å². The number of amides is 1. The van der Waals surface area contributed by atoms with Gasteiger partial charge in [0.25, 0.3) is 0 Å². The van der Waals surface area contributed by atoms with Crippen LogP contribution >= 0.6 is 0 Å². The lowest BCUT2D eigenvalue weighted by molar-refractivity contribution is -0.119. The fourth-order valence-corrected chi connectivity index (χ4v) is 5.12. The summed E-state index contributed by atoms with van der Waals surface area (Å²) < 4.78 is 14.4. The zero-order valence-electron chi connectivity index (χ0n) is 20.3. The van der Waals surface area contributed by atoms with Crippen LogP contribution in [0, 0.1) is 5.92 Å². The summed E-state index contributed by atoms with van der Waals surface area (Å²) in [5, 5.41) is 6.31. The van der Waals surface area contributed by atoms with Crippen molar-refractivity contribution in [2.45, 2.75) is 38.3 Å². The zero-order chi connectivity index (χ0) is 23.9. The molecule has 6 rings (SSSR count). The van der Waals surface area contributed by atoms with E-state index >= 15 is 0 Å². The highest BCUT2D eigenvalue weighted by Crippen LogP contribution is 2.41. The molecule has 184 valence electrons. The van der Waals surface area contributed by atoms with Crippen molar-refractivity contribution in [3.05, 3.63) is 30.6 Å². The lowest BCUT2D eigenvalue weighted by atomic mass is 10.0. The van der Waals surface area contributed by atoms with Gasteiger partial charge in [-0.1, -0.05) is 6.07 Å². The summed E-state index contributed by atoms with van der Waals surface area (Å²) in [6.45, 7) is 6.49. The van der Waals surface area contributed by atoms with Gasteiger partial charge in [0.2, 0.25) is 11.8 Å². The van der Waals surface area contributed by atoms with Crippen LogP contribution in [0.2, 0.25) is 0 Å². The average molecular weight is 477 g/mol. The number of ether oxygens (including phenoxy) is 2. The molecule has 3 aromatic rings. The first-order valence-electron chi connectivity index (χ1n) is 12.6. The van der Waals surface area contributed by atoms with Crippen LogP contribution in [0.15, 0.2) is 30.6 Å². The van der Waals surface area contributed by atoms with Crippen LogP contribution in [0.3, 0.4) is 0 Å². The minimum absolute atomic E-state index is 0.0806. The molecule has 0 spiro atoms. The van der Waals surface area contributed by atoms with Gasteiger partial charge in [0, 0.05) is 56.7 Å². The molecule has 0 radical (unpaired) electrons. The highest BCUT2D eigenvalue weighted by atomic mass is 16.5. The van der Waals surface area contributed by atoms with Crippen LogP contribution in [0.1, 0.15) is 32.2 Å². The molecule has 2 saturated heterocycles. The molecular weight excluding hydrogens is 444 g/mol. The predicted molar refractivity (Wildman–Crippen MR) is 134 cm³/mol. The smallest absolute Gasteiger partial charge is 0.241 e. The molecule has 3 fully saturated rings. The number of nitrogens with one attached hydrogen (secondary N) is 2. The highest BCUT2D eigenvalue weighted by molar-refractivity contribution is 5.85.